The van der Waals surface area contributed by atoms with Crippen LogP contribution in [0, 0.1) is 27.7 Å². The molecule has 0 amide bonds. The molecule has 4 rings (SSSR count). The van der Waals surface area contributed by atoms with E-state index in [1.54, 1.807) is 81.4 Å². The molecular weight excluding hydrogens is 841 g/mol. The van der Waals surface area contributed by atoms with Crippen molar-refractivity contribution in [3.8, 4) is 23.0 Å². The van der Waals surface area contributed by atoms with Crippen LogP contribution in [0.15, 0.2) is 111 Å². The maximum absolute atomic E-state index is 13.1. The predicted octanol–water partition coefficient (Wildman–Crippen LogP) is 7.83. The Morgan fingerprint density at radius 3 is 1.69 bits per heavy atom. The topological polar surface area (TPSA) is 185 Å². The molecule has 1 unspecified atom stereocenters. The normalized spacial score (nSPS) is 11.0. The van der Waals surface area contributed by atoms with Gasteiger partial charge in [0.1, 0.15) is 29.6 Å². The first kappa shape index (κ1) is 50.1. The van der Waals surface area contributed by atoms with E-state index in [4.69, 9.17) is 42.6 Å². The molecule has 4 aromatic rings. The lowest BCUT2D eigenvalue weighted by molar-refractivity contribution is -0.148. The molecule has 65 heavy (non-hydrogen) atoms. The van der Waals surface area contributed by atoms with Crippen LogP contribution in [-0.2, 0) is 44.5 Å². The minimum atomic E-state index is -0.746. The van der Waals surface area contributed by atoms with E-state index in [9.17, 15) is 28.8 Å². The van der Waals surface area contributed by atoms with Gasteiger partial charge in [-0.15, -0.1) is 0 Å². The third-order valence-corrected chi connectivity index (χ3v) is 9.43. The first-order valence-corrected chi connectivity index (χ1v) is 20.5. The average molecular weight is 893 g/mol. The second kappa shape index (κ2) is 25.6. The Labute approximate surface area is 377 Å². The molecule has 0 heterocycles. The Balaban J connectivity index is 1.23. The van der Waals surface area contributed by atoms with Gasteiger partial charge in [0.05, 0.1) is 36.5 Å². The van der Waals surface area contributed by atoms with E-state index in [0.29, 0.717) is 70.9 Å². The summed E-state index contributed by atoms with van der Waals surface area (Å²) >= 11 is 0. The number of hydrogen-bond acceptors (Lipinski definition) is 15. The lowest BCUT2D eigenvalue weighted by atomic mass is 10.1. The molecule has 1 atom stereocenters. The Morgan fingerprint density at radius 2 is 1.11 bits per heavy atom. The summed E-state index contributed by atoms with van der Waals surface area (Å²) in [4.78, 5) is 73.3. The van der Waals surface area contributed by atoms with Crippen LogP contribution in [-0.4, -0.2) is 81.7 Å². The van der Waals surface area contributed by atoms with E-state index in [-0.39, 0.29) is 44.5 Å². The van der Waals surface area contributed by atoms with Gasteiger partial charge in [0.25, 0.3) is 0 Å². The molecule has 0 aliphatic heterocycles. The van der Waals surface area contributed by atoms with Crippen molar-refractivity contribution in [3.05, 3.63) is 155 Å². The highest BCUT2D eigenvalue weighted by Gasteiger charge is 2.19. The van der Waals surface area contributed by atoms with Crippen molar-refractivity contribution < 1.29 is 71.4 Å². The summed E-state index contributed by atoms with van der Waals surface area (Å²) in [5.41, 5.74) is 4.40. The summed E-state index contributed by atoms with van der Waals surface area (Å²) in [6.07, 6.45) is 4.03. The standard InChI is InChI=1S/C50H52O15/c1-8-45(51)58-23-12-11-22-57-29-41(63-47(53)10-3)30-60-43-19-14-37(25-34(43)6)49(55)65-40-17-18-42(33(5)28-40)50(56)59-24-21-36-13-16-39(27-32(36)4)64-48(54)38-15-20-44(35(7)26-38)61-31-62-46(52)9-2/h8-10,13-20,25-28,41H,1-3,11-12,21-24,29-31H2,4-7H3. The van der Waals surface area contributed by atoms with E-state index >= 15 is 0 Å². The molecule has 0 N–H and O–H groups in total. The van der Waals surface area contributed by atoms with Gasteiger partial charge in [0.2, 0.25) is 6.79 Å². The molecule has 15 heteroatoms. The van der Waals surface area contributed by atoms with Crippen molar-refractivity contribution in [2.45, 2.75) is 53.1 Å². The van der Waals surface area contributed by atoms with Crippen LogP contribution in [0.2, 0.25) is 0 Å². The molecule has 0 fully saturated rings. The fraction of sp³-hybridized carbons (Fsp3) is 0.280. The van der Waals surface area contributed by atoms with Crippen LogP contribution in [0.4, 0.5) is 0 Å². The zero-order valence-electron chi connectivity index (χ0n) is 36.8. The van der Waals surface area contributed by atoms with Crippen molar-refractivity contribution in [1.29, 1.82) is 0 Å². The van der Waals surface area contributed by atoms with E-state index in [2.05, 4.69) is 19.7 Å². The molecule has 0 saturated heterocycles. The van der Waals surface area contributed by atoms with Gasteiger partial charge in [-0.1, -0.05) is 25.8 Å². The van der Waals surface area contributed by atoms with Crippen LogP contribution >= 0.6 is 0 Å². The van der Waals surface area contributed by atoms with Crippen LogP contribution in [0.25, 0.3) is 0 Å². The molecule has 0 radical (unpaired) electrons. The molecular formula is C50H52O15. The van der Waals surface area contributed by atoms with Gasteiger partial charge in [-0.05, 0) is 135 Å². The zero-order chi connectivity index (χ0) is 47.3. The fourth-order valence-electron chi connectivity index (χ4n) is 5.95. The van der Waals surface area contributed by atoms with Crippen molar-refractivity contribution in [2.24, 2.45) is 0 Å². The van der Waals surface area contributed by atoms with Crippen LogP contribution in [0.3, 0.4) is 0 Å². The average Bonchev–Trinajstić information content (AvgIpc) is 3.28. The number of esters is 6. The molecule has 0 bridgehead atoms. The Bertz CT molecular complexity index is 2380. The van der Waals surface area contributed by atoms with Crippen molar-refractivity contribution in [1.82, 2.24) is 0 Å². The lowest BCUT2D eigenvalue weighted by Crippen LogP contribution is -2.29. The van der Waals surface area contributed by atoms with Crippen LogP contribution < -0.4 is 18.9 Å². The second-order valence-corrected chi connectivity index (χ2v) is 14.3. The third kappa shape index (κ3) is 16.3. The zero-order valence-corrected chi connectivity index (χ0v) is 36.8. The monoisotopic (exact) mass is 892 g/mol. The predicted molar refractivity (Wildman–Crippen MR) is 237 cm³/mol. The summed E-state index contributed by atoms with van der Waals surface area (Å²) in [7, 11) is 0. The largest absolute Gasteiger partial charge is 0.489 e. The van der Waals surface area contributed by atoms with Gasteiger partial charge in [0, 0.05) is 31.3 Å². The van der Waals surface area contributed by atoms with Gasteiger partial charge in [0.15, 0.2) is 6.10 Å². The molecule has 0 aliphatic carbocycles. The molecule has 342 valence electrons. The summed E-state index contributed by atoms with van der Waals surface area (Å²) in [6.45, 7) is 17.5. The smallest absolute Gasteiger partial charge is 0.343 e. The highest BCUT2D eigenvalue weighted by atomic mass is 16.7. The first-order chi connectivity index (χ1) is 31.2. The summed E-state index contributed by atoms with van der Waals surface area (Å²) in [5.74, 6) is -2.02. The maximum atomic E-state index is 13.1. The van der Waals surface area contributed by atoms with E-state index in [1.165, 1.54) is 12.1 Å². The SMILES string of the molecule is C=CC(=O)OCCCCOCC(COc1ccc(C(=O)Oc2ccc(C(=O)OCCc3ccc(OC(=O)c4ccc(OCOC(=O)C=C)c(C)c4)cc3C)c(C)c2)cc1C)OC(=O)C=C. The summed E-state index contributed by atoms with van der Waals surface area (Å²) in [5, 5.41) is 0. The number of carbonyl (C=O) groups excluding carboxylic acids is 6. The number of hydrogen-bond donors (Lipinski definition) is 0. The number of carbonyl (C=O) groups is 6. The van der Waals surface area contributed by atoms with Crippen molar-refractivity contribution >= 4 is 35.8 Å². The minimum Gasteiger partial charge on any atom is -0.489 e. The summed E-state index contributed by atoms with van der Waals surface area (Å²) in [6, 6.07) is 19.3. The summed E-state index contributed by atoms with van der Waals surface area (Å²) < 4.78 is 48.9. The minimum absolute atomic E-state index is 0.0305. The van der Waals surface area contributed by atoms with Gasteiger partial charge < -0.3 is 42.6 Å². The van der Waals surface area contributed by atoms with Crippen LogP contribution in [0.1, 0.15) is 71.7 Å². The molecule has 15 nitrogen and oxygen atoms in total. The number of ether oxygens (including phenoxy) is 9. The Kier molecular flexibility index (Phi) is 19.7. The first-order valence-electron chi connectivity index (χ1n) is 20.5. The number of unbranched alkanes of at least 4 members (excludes halogenated alkanes) is 1. The highest BCUT2D eigenvalue weighted by molar-refractivity contribution is 5.93. The number of benzene rings is 4. The van der Waals surface area contributed by atoms with Gasteiger partial charge in [-0.25, -0.2) is 28.8 Å². The molecule has 0 saturated carbocycles. The van der Waals surface area contributed by atoms with Crippen molar-refractivity contribution in [2.75, 3.05) is 39.8 Å². The quantitative estimate of drug-likeness (QED) is 0.0156. The molecule has 0 aliphatic rings. The van der Waals surface area contributed by atoms with E-state index in [1.807, 2.05) is 6.92 Å². The van der Waals surface area contributed by atoms with Gasteiger partial charge >= 0.3 is 35.8 Å². The maximum Gasteiger partial charge on any atom is 0.343 e. The van der Waals surface area contributed by atoms with E-state index < -0.39 is 41.9 Å². The Hall–Kier alpha value is -7.52. The molecule has 0 spiro atoms. The third-order valence-electron chi connectivity index (χ3n) is 9.43. The highest BCUT2D eigenvalue weighted by Crippen LogP contribution is 2.25. The lowest BCUT2D eigenvalue weighted by Gasteiger charge is -2.19. The van der Waals surface area contributed by atoms with Crippen molar-refractivity contribution in [3.63, 3.8) is 0 Å². The number of rotatable bonds is 25. The van der Waals surface area contributed by atoms with Gasteiger partial charge in [-0.2, -0.15) is 0 Å². The second-order valence-electron chi connectivity index (χ2n) is 14.3. The van der Waals surface area contributed by atoms with Crippen LogP contribution in [0.5, 0.6) is 23.0 Å². The fourth-order valence-corrected chi connectivity index (χ4v) is 5.95. The Morgan fingerprint density at radius 1 is 0.538 bits per heavy atom. The molecule has 0 aromatic heterocycles. The molecule has 4 aromatic carbocycles. The van der Waals surface area contributed by atoms with Gasteiger partial charge in [-0.3, -0.25) is 0 Å². The number of aryl methyl sites for hydroxylation is 4. The van der Waals surface area contributed by atoms with E-state index in [0.717, 1.165) is 29.4 Å².